The maximum Gasteiger partial charge on any atom is 0.221 e. The van der Waals surface area contributed by atoms with E-state index in [0.717, 1.165) is 12.8 Å². The van der Waals surface area contributed by atoms with Crippen LogP contribution in [0.1, 0.15) is 44.9 Å². The van der Waals surface area contributed by atoms with Gasteiger partial charge in [0, 0.05) is 29.3 Å². The predicted molar refractivity (Wildman–Crippen MR) is 77.9 cm³/mol. The van der Waals surface area contributed by atoms with Crippen molar-refractivity contribution in [1.82, 2.24) is 5.32 Å². The maximum absolute atomic E-state index is 11.8. The van der Waals surface area contributed by atoms with E-state index in [1.54, 1.807) is 11.3 Å². The third-order valence-electron chi connectivity index (χ3n) is 3.02. The first-order chi connectivity index (χ1) is 8.45. The molecule has 0 aliphatic carbocycles. The second kappa shape index (κ2) is 6.90. The van der Waals surface area contributed by atoms with Crippen molar-refractivity contribution in [3.05, 3.63) is 22.4 Å². The van der Waals surface area contributed by atoms with E-state index in [2.05, 4.69) is 37.5 Å². The molecule has 0 fully saturated rings. The third kappa shape index (κ3) is 4.78. The molecule has 0 radical (unpaired) electrons. The van der Waals surface area contributed by atoms with Gasteiger partial charge in [-0.3, -0.25) is 4.79 Å². The number of nitrogens with one attached hydrogen (secondary N) is 1. The smallest absolute Gasteiger partial charge is 0.221 e. The van der Waals surface area contributed by atoms with E-state index in [9.17, 15) is 4.79 Å². The number of carbonyl (C=O) groups is 1. The zero-order valence-corrected chi connectivity index (χ0v) is 12.3. The second-order valence-electron chi connectivity index (χ2n) is 5.39. The molecular formula is C14H24N2OS. The fraction of sp³-hybridized carbons (Fsp3) is 0.643. The first-order valence-electron chi connectivity index (χ1n) is 6.52. The van der Waals surface area contributed by atoms with Gasteiger partial charge in [0.15, 0.2) is 0 Å². The first-order valence-corrected chi connectivity index (χ1v) is 7.40. The average Bonchev–Trinajstić information content (AvgIpc) is 2.81. The summed E-state index contributed by atoms with van der Waals surface area (Å²) in [5.74, 6) is 0.0561. The van der Waals surface area contributed by atoms with Crippen LogP contribution in [0, 0.1) is 0 Å². The average molecular weight is 268 g/mol. The van der Waals surface area contributed by atoms with Gasteiger partial charge in [-0.1, -0.05) is 33.3 Å². The number of hydrogen-bond acceptors (Lipinski definition) is 3. The molecule has 0 aliphatic heterocycles. The van der Waals surface area contributed by atoms with Crippen LogP contribution in [0.25, 0.3) is 0 Å². The van der Waals surface area contributed by atoms with Crippen molar-refractivity contribution in [3.63, 3.8) is 0 Å². The number of thiophene rings is 1. The van der Waals surface area contributed by atoms with Gasteiger partial charge in [-0.25, -0.2) is 0 Å². The Balaban J connectivity index is 2.38. The molecular weight excluding hydrogens is 244 g/mol. The summed E-state index contributed by atoms with van der Waals surface area (Å²) >= 11 is 1.73. The molecule has 0 aliphatic rings. The lowest BCUT2D eigenvalue weighted by atomic mass is 9.91. The normalized spacial score (nSPS) is 13.3. The molecule has 4 heteroatoms. The molecule has 0 spiro atoms. The molecule has 1 aromatic rings. The highest BCUT2D eigenvalue weighted by Crippen LogP contribution is 2.26. The second-order valence-corrected chi connectivity index (χ2v) is 6.34. The lowest BCUT2D eigenvalue weighted by molar-refractivity contribution is -0.121. The lowest BCUT2D eigenvalue weighted by Gasteiger charge is -2.24. The minimum atomic E-state index is -0.0152. The Labute approximate surface area is 114 Å². The molecule has 1 aromatic heterocycles. The van der Waals surface area contributed by atoms with E-state index in [-0.39, 0.29) is 17.4 Å². The Morgan fingerprint density at radius 2 is 2.28 bits per heavy atom. The van der Waals surface area contributed by atoms with Gasteiger partial charge in [-0.05, 0) is 17.9 Å². The summed E-state index contributed by atoms with van der Waals surface area (Å²) in [6.45, 7) is 7.03. The Morgan fingerprint density at radius 1 is 1.56 bits per heavy atom. The maximum atomic E-state index is 11.8. The molecule has 3 nitrogen and oxygen atoms in total. The number of carbonyl (C=O) groups excluding carboxylic acids is 1. The molecule has 1 atom stereocenters. The molecule has 1 rings (SSSR count). The summed E-state index contributed by atoms with van der Waals surface area (Å²) in [6.07, 6.45) is 2.35. The van der Waals surface area contributed by atoms with Crippen LogP contribution in [0.3, 0.4) is 0 Å². The molecule has 18 heavy (non-hydrogen) atoms. The monoisotopic (exact) mass is 268 g/mol. The van der Waals surface area contributed by atoms with Crippen LogP contribution in [0.15, 0.2) is 17.5 Å². The highest BCUT2D eigenvalue weighted by atomic mass is 32.1. The van der Waals surface area contributed by atoms with Crippen molar-refractivity contribution in [2.24, 2.45) is 5.73 Å². The van der Waals surface area contributed by atoms with E-state index in [0.29, 0.717) is 13.0 Å². The number of nitrogens with two attached hydrogens (primary N) is 1. The summed E-state index contributed by atoms with van der Waals surface area (Å²) < 4.78 is 0. The predicted octanol–water partition coefficient (Wildman–Crippen LogP) is 2.66. The van der Waals surface area contributed by atoms with Crippen molar-refractivity contribution in [2.45, 2.75) is 51.5 Å². The van der Waals surface area contributed by atoms with Gasteiger partial charge in [0.2, 0.25) is 5.91 Å². The Bertz CT molecular complexity index is 360. The highest BCUT2D eigenvalue weighted by molar-refractivity contribution is 7.10. The van der Waals surface area contributed by atoms with Crippen LogP contribution in [-0.2, 0) is 10.2 Å². The zero-order chi connectivity index (χ0) is 13.6. The first kappa shape index (κ1) is 15.2. The molecule has 0 bridgehead atoms. The van der Waals surface area contributed by atoms with Crippen molar-refractivity contribution in [1.29, 1.82) is 0 Å². The zero-order valence-electron chi connectivity index (χ0n) is 11.5. The van der Waals surface area contributed by atoms with Crippen LogP contribution < -0.4 is 11.1 Å². The Kier molecular flexibility index (Phi) is 5.82. The molecule has 0 aromatic carbocycles. The molecule has 0 saturated carbocycles. The van der Waals surface area contributed by atoms with Crippen LogP contribution >= 0.6 is 11.3 Å². The van der Waals surface area contributed by atoms with Gasteiger partial charge >= 0.3 is 0 Å². The fourth-order valence-corrected chi connectivity index (χ4v) is 2.71. The van der Waals surface area contributed by atoms with Crippen LogP contribution in [-0.4, -0.2) is 18.5 Å². The number of rotatable bonds is 7. The Morgan fingerprint density at radius 3 is 2.83 bits per heavy atom. The quantitative estimate of drug-likeness (QED) is 0.799. The SMILES string of the molecule is CCCC(N)CC(=O)NCC(C)(C)c1cccs1. The largest absolute Gasteiger partial charge is 0.355 e. The van der Waals surface area contributed by atoms with E-state index in [1.807, 2.05) is 6.07 Å². The summed E-state index contributed by atoms with van der Waals surface area (Å²) in [4.78, 5) is 13.0. The van der Waals surface area contributed by atoms with Gasteiger partial charge in [0.1, 0.15) is 0 Å². The van der Waals surface area contributed by atoms with Crippen molar-refractivity contribution in [2.75, 3.05) is 6.54 Å². The summed E-state index contributed by atoms with van der Waals surface area (Å²) in [5.41, 5.74) is 5.85. The summed E-state index contributed by atoms with van der Waals surface area (Å²) in [6, 6.07) is 4.14. The van der Waals surface area contributed by atoms with Gasteiger partial charge in [0.05, 0.1) is 0 Å². The van der Waals surface area contributed by atoms with E-state index in [1.165, 1.54) is 4.88 Å². The van der Waals surface area contributed by atoms with Crippen LogP contribution in [0.2, 0.25) is 0 Å². The standard InChI is InChI=1S/C14H24N2OS/c1-4-6-11(15)9-13(17)16-10-14(2,3)12-7-5-8-18-12/h5,7-8,11H,4,6,9-10,15H2,1-3H3,(H,16,17). The molecule has 1 heterocycles. The third-order valence-corrected chi connectivity index (χ3v) is 4.26. The van der Waals surface area contributed by atoms with Crippen molar-refractivity contribution in [3.8, 4) is 0 Å². The van der Waals surface area contributed by atoms with E-state index < -0.39 is 0 Å². The van der Waals surface area contributed by atoms with Gasteiger partial charge in [0.25, 0.3) is 0 Å². The molecule has 1 unspecified atom stereocenters. The van der Waals surface area contributed by atoms with E-state index >= 15 is 0 Å². The summed E-state index contributed by atoms with van der Waals surface area (Å²) in [5, 5.41) is 5.05. The fourth-order valence-electron chi connectivity index (χ4n) is 1.85. The number of amides is 1. The van der Waals surface area contributed by atoms with Crippen molar-refractivity contribution < 1.29 is 4.79 Å². The topological polar surface area (TPSA) is 55.1 Å². The highest BCUT2D eigenvalue weighted by Gasteiger charge is 2.22. The number of hydrogen-bond donors (Lipinski definition) is 2. The molecule has 1 amide bonds. The van der Waals surface area contributed by atoms with E-state index in [4.69, 9.17) is 5.73 Å². The lowest BCUT2D eigenvalue weighted by Crippen LogP contribution is -2.38. The van der Waals surface area contributed by atoms with Gasteiger partial charge in [-0.15, -0.1) is 11.3 Å². The Hall–Kier alpha value is -0.870. The van der Waals surface area contributed by atoms with Crippen LogP contribution in [0.4, 0.5) is 0 Å². The van der Waals surface area contributed by atoms with Crippen LogP contribution in [0.5, 0.6) is 0 Å². The summed E-state index contributed by atoms with van der Waals surface area (Å²) in [7, 11) is 0. The minimum Gasteiger partial charge on any atom is -0.355 e. The van der Waals surface area contributed by atoms with Gasteiger partial charge < -0.3 is 11.1 Å². The molecule has 0 saturated heterocycles. The molecule has 102 valence electrons. The van der Waals surface area contributed by atoms with Gasteiger partial charge in [-0.2, -0.15) is 0 Å². The van der Waals surface area contributed by atoms with Crippen molar-refractivity contribution >= 4 is 17.2 Å². The minimum absolute atomic E-state index is 0.0140. The molecule has 3 N–H and O–H groups in total.